The summed E-state index contributed by atoms with van der Waals surface area (Å²) in [5, 5.41) is 13.2. The molecular formula is C12H22N2O2. The van der Waals surface area contributed by atoms with Crippen LogP contribution in [0.2, 0.25) is 0 Å². The molecule has 2 saturated heterocycles. The van der Waals surface area contributed by atoms with Gasteiger partial charge in [-0.15, -0.1) is 0 Å². The number of hydrogen-bond donors (Lipinski definition) is 2. The molecular weight excluding hydrogens is 204 g/mol. The minimum Gasteiger partial charge on any atom is -0.388 e. The van der Waals surface area contributed by atoms with Crippen LogP contribution in [0, 0.1) is 0 Å². The lowest BCUT2D eigenvalue weighted by Gasteiger charge is -2.25. The fourth-order valence-electron chi connectivity index (χ4n) is 2.60. The number of aliphatic hydroxyl groups is 1. The van der Waals surface area contributed by atoms with Crippen molar-refractivity contribution in [3.63, 3.8) is 0 Å². The zero-order chi connectivity index (χ0) is 11.6. The van der Waals surface area contributed by atoms with Gasteiger partial charge < -0.3 is 15.3 Å². The van der Waals surface area contributed by atoms with Gasteiger partial charge >= 0.3 is 0 Å². The van der Waals surface area contributed by atoms with Crippen LogP contribution in [0.1, 0.15) is 39.0 Å². The predicted octanol–water partition coefficient (Wildman–Crippen LogP) is 0.502. The molecule has 1 amide bonds. The third kappa shape index (κ3) is 2.95. The summed E-state index contributed by atoms with van der Waals surface area (Å²) in [6, 6.07) is 0.354. The smallest absolute Gasteiger partial charge is 0.224 e. The number of carbonyl (C=O) groups is 1. The van der Waals surface area contributed by atoms with Crippen molar-refractivity contribution in [2.75, 3.05) is 19.6 Å². The summed E-state index contributed by atoms with van der Waals surface area (Å²) in [6.45, 7) is 4.05. The number of β-amino-alcohol motifs (C(OH)–C–C–N with tert-alkyl or cyclic N) is 1. The summed E-state index contributed by atoms with van der Waals surface area (Å²) in [5.41, 5.74) is -0.671. The molecule has 4 heteroatoms. The highest BCUT2D eigenvalue weighted by Crippen LogP contribution is 2.21. The number of carbonyl (C=O) groups excluding carboxylic acids is 1. The summed E-state index contributed by atoms with van der Waals surface area (Å²) in [7, 11) is 0. The topological polar surface area (TPSA) is 52.6 Å². The predicted molar refractivity (Wildman–Crippen MR) is 62.1 cm³/mol. The Morgan fingerprint density at radius 2 is 2.38 bits per heavy atom. The first-order valence-electron chi connectivity index (χ1n) is 6.30. The van der Waals surface area contributed by atoms with E-state index in [2.05, 4.69) is 5.32 Å². The van der Waals surface area contributed by atoms with Crippen molar-refractivity contribution in [2.45, 2.75) is 50.7 Å². The monoisotopic (exact) mass is 226 g/mol. The van der Waals surface area contributed by atoms with Crippen molar-refractivity contribution in [1.82, 2.24) is 10.2 Å². The Hall–Kier alpha value is -0.610. The summed E-state index contributed by atoms with van der Waals surface area (Å²) >= 11 is 0. The Kier molecular flexibility index (Phi) is 3.50. The quantitative estimate of drug-likeness (QED) is 0.721. The number of nitrogens with zero attached hydrogens (tertiary/aromatic N) is 1. The van der Waals surface area contributed by atoms with Crippen LogP contribution in [0.25, 0.3) is 0 Å². The van der Waals surface area contributed by atoms with Crippen molar-refractivity contribution >= 4 is 5.91 Å². The van der Waals surface area contributed by atoms with Gasteiger partial charge in [-0.3, -0.25) is 4.79 Å². The SMILES string of the molecule is CC1(O)CCN(C(=O)CC2CCCCN2)C1. The molecule has 2 rings (SSSR count). The maximum absolute atomic E-state index is 12.0. The zero-order valence-electron chi connectivity index (χ0n) is 10.0. The standard InChI is InChI=1S/C12H22N2O2/c1-12(16)5-7-14(9-12)11(15)8-10-4-2-3-6-13-10/h10,13,16H,2-9H2,1H3. The minimum atomic E-state index is -0.671. The maximum Gasteiger partial charge on any atom is 0.224 e. The first-order chi connectivity index (χ1) is 7.57. The van der Waals surface area contributed by atoms with Gasteiger partial charge in [0.25, 0.3) is 0 Å². The molecule has 2 unspecified atom stereocenters. The van der Waals surface area contributed by atoms with Gasteiger partial charge in [-0.2, -0.15) is 0 Å². The molecule has 2 aliphatic rings. The second kappa shape index (κ2) is 4.72. The van der Waals surface area contributed by atoms with Gasteiger partial charge in [0.1, 0.15) is 0 Å². The average Bonchev–Trinajstić information content (AvgIpc) is 2.60. The second-order valence-electron chi connectivity index (χ2n) is 5.41. The van der Waals surface area contributed by atoms with Crippen LogP contribution in [0.15, 0.2) is 0 Å². The van der Waals surface area contributed by atoms with E-state index in [1.165, 1.54) is 12.8 Å². The molecule has 4 nitrogen and oxygen atoms in total. The van der Waals surface area contributed by atoms with Gasteiger partial charge in [-0.1, -0.05) is 6.42 Å². The normalized spacial score (nSPS) is 35.4. The third-order valence-corrected chi connectivity index (χ3v) is 3.64. The Bertz CT molecular complexity index is 260. The summed E-state index contributed by atoms with van der Waals surface area (Å²) in [4.78, 5) is 13.8. The molecule has 0 bridgehead atoms. The molecule has 2 heterocycles. The van der Waals surface area contributed by atoms with Crippen LogP contribution in [0.3, 0.4) is 0 Å². The van der Waals surface area contributed by atoms with Crippen LogP contribution >= 0.6 is 0 Å². The number of likely N-dealkylation sites (tertiary alicyclic amines) is 1. The van der Waals surface area contributed by atoms with E-state index in [1.807, 2.05) is 0 Å². The Morgan fingerprint density at radius 1 is 1.56 bits per heavy atom. The minimum absolute atomic E-state index is 0.192. The number of piperidine rings is 1. The lowest BCUT2D eigenvalue weighted by atomic mass is 10.0. The van der Waals surface area contributed by atoms with E-state index in [0.29, 0.717) is 32.0 Å². The van der Waals surface area contributed by atoms with E-state index in [0.717, 1.165) is 13.0 Å². The fourth-order valence-corrected chi connectivity index (χ4v) is 2.60. The van der Waals surface area contributed by atoms with Gasteiger partial charge in [-0.25, -0.2) is 0 Å². The van der Waals surface area contributed by atoms with E-state index >= 15 is 0 Å². The van der Waals surface area contributed by atoms with Gasteiger partial charge in [0.05, 0.1) is 5.60 Å². The van der Waals surface area contributed by atoms with E-state index < -0.39 is 5.60 Å². The number of amides is 1. The van der Waals surface area contributed by atoms with E-state index in [-0.39, 0.29) is 5.91 Å². The third-order valence-electron chi connectivity index (χ3n) is 3.64. The molecule has 2 atom stereocenters. The fraction of sp³-hybridized carbons (Fsp3) is 0.917. The van der Waals surface area contributed by atoms with Crippen LogP contribution in [0.4, 0.5) is 0 Å². The van der Waals surface area contributed by atoms with Crippen molar-refractivity contribution in [3.05, 3.63) is 0 Å². The van der Waals surface area contributed by atoms with Gasteiger partial charge in [0.2, 0.25) is 5.91 Å². The molecule has 0 aromatic heterocycles. The number of hydrogen-bond acceptors (Lipinski definition) is 3. The highest BCUT2D eigenvalue weighted by atomic mass is 16.3. The lowest BCUT2D eigenvalue weighted by molar-refractivity contribution is -0.131. The molecule has 2 aliphatic heterocycles. The Balaban J connectivity index is 1.79. The molecule has 0 radical (unpaired) electrons. The van der Waals surface area contributed by atoms with Gasteiger partial charge in [-0.05, 0) is 32.7 Å². The Labute approximate surface area is 97.0 Å². The van der Waals surface area contributed by atoms with E-state index in [1.54, 1.807) is 11.8 Å². The van der Waals surface area contributed by atoms with E-state index in [9.17, 15) is 9.90 Å². The van der Waals surface area contributed by atoms with Crippen molar-refractivity contribution < 1.29 is 9.90 Å². The zero-order valence-corrected chi connectivity index (χ0v) is 10.0. The molecule has 0 aromatic rings. The number of rotatable bonds is 2. The number of nitrogens with one attached hydrogen (secondary N) is 1. The highest BCUT2D eigenvalue weighted by molar-refractivity contribution is 5.77. The summed E-state index contributed by atoms with van der Waals surface area (Å²) in [6.07, 6.45) is 4.86. The summed E-state index contributed by atoms with van der Waals surface area (Å²) in [5.74, 6) is 0.192. The highest BCUT2D eigenvalue weighted by Gasteiger charge is 2.34. The second-order valence-corrected chi connectivity index (χ2v) is 5.41. The molecule has 92 valence electrons. The molecule has 0 saturated carbocycles. The molecule has 0 aromatic carbocycles. The molecule has 0 aliphatic carbocycles. The van der Waals surface area contributed by atoms with Crippen molar-refractivity contribution in [1.29, 1.82) is 0 Å². The molecule has 16 heavy (non-hydrogen) atoms. The van der Waals surface area contributed by atoms with Crippen LogP contribution in [0.5, 0.6) is 0 Å². The Morgan fingerprint density at radius 3 is 2.94 bits per heavy atom. The first-order valence-corrected chi connectivity index (χ1v) is 6.30. The maximum atomic E-state index is 12.0. The van der Waals surface area contributed by atoms with Crippen LogP contribution in [-0.2, 0) is 4.79 Å². The molecule has 2 N–H and O–H groups in total. The van der Waals surface area contributed by atoms with Crippen LogP contribution < -0.4 is 5.32 Å². The van der Waals surface area contributed by atoms with Gasteiger partial charge in [0, 0.05) is 25.6 Å². The van der Waals surface area contributed by atoms with E-state index in [4.69, 9.17) is 0 Å². The van der Waals surface area contributed by atoms with Crippen molar-refractivity contribution in [3.8, 4) is 0 Å². The van der Waals surface area contributed by atoms with Crippen LogP contribution in [-0.4, -0.2) is 47.2 Å². The molecule has 2 fully saturated rings. The average molecular weight is 226 g/mol. The molecule has 0 spiro atoms. The van der Waals surface area contributed by atoms with Crippen molar-refractivity contribution in [2.24, 2.45) is 0 Å². The first kappa shape index (κ1) is 11.9. The largest absolute Gasteiger partial charge is 0.388 e. The lowest BCUT2D eigenvalue weighted by Crippen LogP contribution is -2.41. The summed E-state index contributed by atoms with van der Waals surface area (Å²) < 4.78 is 0. The van der Waals surface area contributed by atoms with Gasteiger partial charge in [0.15, 0.2) is 0 Å².